The highest BCUT2D eigenvalue weighted by atomic mass is 32.2. The van der Waals surface area contributed by atoms with Gasteiger partial charge in [-0.1, -0.05) is 30.3 Å². The second kappa shape index (κ2) is 7.66. The normalized spacial score (nSPS) is 22.6. The number of carbonyl (C=O) groups is 2. The number of nitrogens with zero attached hydrogens (tertiary/aromatic N) is 2. The largest absolute Gasteiger partial charge is 0.465 e. The number of piperidine rings is 1. The highest BCUT2D eigenvalue weighted by Gasteiger charge is 2.51. The van der Waals surface area contributed by atoms with Crippen LogP contribution in [0.15, 0.2) is 30.3 Å². The zero-order valence-corrected chi connectivity index (χ0v) is 15.3. The average Bonchev–Trinajstić information content (AvgIpc) is 2.87. The van der Waals surface area contributed by atoms with Gasteiger partial charge in [0.05, 0.1) is 11.7 Å². The zero-order chi connectivity index (χ0) is 17.9. The minimum Gasteiger partial charge on any atom is -0.465 e. The van der Waals surface area contributed by atoms with Gasteiger partial charge in [0, 0.05) is 32.5 Å². The molecule has 2 saturated heterocycles. The first kappa shape index (κ1) is 18.1. The zero-order valence-electron chi connectivity index (χ0n) is 14.5. The Balaban J connectivity index is 1.80. The monoisotopic (exact) mass is 363 g/mol. The fourth-order valence-electron chi connectivity index (χ4n) is 3.77. The van der Waals surface area contributed by atoms with Crippen LogP contribution in [0.3, 0.4) is 0 Å². The molecule has 7 heteroatoms. The summed E-state index contributed by atoms with van der Waals surface area (Å²) in [6, 6.07) is 9.82. The van der Waals surface area contributed by atoms with Gasteiger partial charge in [0.2, 0.25) is 5.91 Å². The summed E-state index contributed by atoms with van der Waals surface area (Å²) in [5.41, 5.74) is 0.672. The molecule has 2 fully saturated rings. The van der Waals surface area contributed by atoms with Gasteiger partial charge < -0.3 is 14.9 Å². The van der Waals surface area contributed by atoms with Crippen LogP contribution < -0.4 is 5.32 Å². The Labute approximate surface area is 152 Å². The van der Waals surface area contributed by atoms with E-state index in [0.29, 0.717) is 32.5 Å². The Bertz CT molecular complexity index is 617. The van der Waals surface area contributed by atoms with Crippen LogP contribution in [0.5, 0.6) is 0 Å². The van der Waals surface area contributed by atoms with Crippen molar-refractivity contribution >= 4 is 23.8 Å². The van der Waals surface area contributed by atoms with Crippen molar-refractivity contribution in [3.05, 3.63) is 35.9 Å². The number of thioether (sulfide) groups is 1. The second-order valence-electron chi connectivity index (χ2n) is 6.69. The second-order valence-corrected chi connectivity index (χ2v) is 7.68. The van der Waals surface area contributed by atoms with Crippen molar-refractivity contribution < 1.29 is 14.7 Å². The maximum Gasteiger partial charge on any atom is 0.407 e. The smallest absolute Gasteiger partial charge is 0.407 e. The van der Waals surface area contributed by atoms with Crippen molar-refractivity contribution in [3.63, 3.8) is 0 Å². The molecule has 0 bridgehead atoms. The van der Waals surface area contributed by atoms with Gasteiger partial charge in [0.25, 0.3) is 0 Å². The van der Waals surface area contributed by atoms with Gasteiger partial charge in [0.1, 0.15) is 0 Å². The number of hydrogen-bond donors (Lipinski definition) is 2. The topological polar surface area (TPSA) is 72.9 Å². The van der Waals surface area contributed by atoms with E-state index in [0.717, 1.165) is 17.7 Å². The molecule has 1 spiro atoms. The van der Waals surface area contributed by atoms with E-state index in [9.17, 15) is 14.7 Å². The van der Waals surface area contributed by atoms with E-state index in [1.807, 2.05) is 41.5 Å². The third kappa shape index (κ3) is 3.77. The molecule has 2 aliphatic heterocycles. The number of benzene rings is 1. The van der Waals surface area contributed by atoms with E-state index < -0.39 is 11.8 Å². The maximum atomic E-state index is 13.0. The van der Waals surface area contributed by atoms with Crippen molar-refractivity contribution in [2.45, 2.75) is 37.5 Å². The van der Waals surface area contributed by atoms with E-state index >= 15 is 0 Å². The fraction of sp³-hybridized carbons (Fsp3) is 0.556. The molecular weight excluding hydrogens is 338 g/mol. The summed E-state index contributed by atoms with van der Waals surface area (Å²) in [5.74, 6) is 1.07. The summed E-state index contributed by atoms with van der Waals surface area (Å²) >= 11 is 1.74. The van der Waals surface area contributed by atoms with Gasteiger partial charge in [-0.05, 0) is 24.0 Å². The third-order valence-corrected chi connectivity index (χ3v) is 5.82. The van der Waals surface area contributed by atoms with Gasteiger partial charge in [-0.25, -0.2) is 4.79 Å². The Morgan fingerprint density at radius 3 is 2.60 bits per heavy atom. The van der Waals surface area contributed by atoms with Crippen molar-refractivity contribution in [2.75, 3.05) is 25.1 Å². The molecule has 136 valence electrons. The molecule has 2 N–H and O–H groups in total. The van der Waals surface area contributed by atoms with Crippen LogP contribution in [0, 0.1) is 0 Å². The van der Waals surface area contributed by atoms with E-state index in [-0.39, 0.29) is 11.9 Å². The molecular formula is C18H25N3O3S. The number of amides is 2. The number of likely N-dealkylation sites (tertiary alicyclic amines) is 1. The molecule has 0 saturated carbocycles. The number of rotatable bonds is 5. The molecule has 3 rings (SSSR count). The van der Waals surface area contributed by atoms with Crippen LogP contribution in [-0.4, -0.2) is 63.7 Å². The molecule has 6 nitrogen and oxygen atoms in total. The van der Waals surface area contributed by atoms with Crippen LogP contribution in [0.1, 0.15) is 24.8 Å². The van der Waals surface area contributed by atoms with E-state index in [2.05, 4.69) is 5.32 Å². The molecule has 0 aliphatic carbocycles. The van der Waals surface area contributed by atoms with E-state index in [4.69, 9.17) is 0 Å². The predicted octanol–water partition coefficient (Wildman–Crippen LogP) is 2.21. The number of nitrogens with one attached hydrogen (secondary N) is 1. The van der Waals surface area contributed by atoms with Crippen molar-refractivity contribution in [1.82, 2.24) is 15.1 Å². The van der Waals surface area contributed by atoms with Gasteiger partial charge >= 0.3 is 6.09 Å². The van der Waals surface area contributed by atoms with Crippen molar-refractivity contribution in [2.24, 2.45) is 0 Å². The Morgan fingerprint density at radius 1 is 1.32 bits per heavy atom. The Hall–Kier alpha value is -1.73. The summed E-state index contributed by atoms with van der Waals surface area (Å²) in [6.07, 6.45) is 3.23. The summed E-state index contributed by atoms with van der Waals surface area (Å²) in [7, 11) is 0. The lowest BCUT2D eigenvalue weighted by molar-refractivity contribution is -0.134. The molecule has 25 heavy (non-hydrogen) atoms. The lowest BCUT2D eigenvalue weighted by Crippen LogP contribution is -2.59. The minimum absolute atomic E-state index is 0.140. The Kier molecular flexibility index (Phi) is 5.54. The van der Waals surface area contributed by atoms with E-state index in [1.165, 1.54) is 4.90 Å². The first-order valence-corrected chi connectivity index (χ1v) is 10.0. The number of hydrogen-bond acceptors (Lipinski definition) is 4. The van der Waals surface area contributed by atoms with Crippen LogP contribution in [-0.2, 0) is 11.3 Å². The summed E-state index contributed by atoms with van der Waals surface area (Å²) in [4.78, 5) is 27.6. The molecule has 2 heterocycles. The SMILES string of the molecule is CSCC[C@@H]1NC2(CCN(C(=O)O)CC2)N(Cc2ccccc2)C1=O. The van der Waals surface area contributed by atoms with Gasteiger partial charge in [-0.2, -0.15) is 11.8 Å². The predicted molar refractivity (Wildman–Crippen MR) is 98.5 cm³/mol. The number of carboxylic acid groups (broad SMARTS) is 1. The summed E-state index contributed by atoms with van der Waals surface area (Å²) < 4.78 is 0. The first-order chi connectivity index (χ1) is 12.1. The average molecular weight is 363 g/mol. The van der Waals surface area contributed by atoms with Gasteiger partial charge in [-0.3, -0.25) is 10.1 Å². The minimum atomic E-state index is -0.882. The van der Waals surface area contributed by atoms with E-state index in [1.54, 1.807) is 11.8 Å². The molecule has 1 aromatic carbocycles. The summed E-state index contributed by atoms with van der Waals surface area (Å²) in [6.45, 7) is 1.47. The molecule has 0 radical (unpaired) electrons. The highest BCUT2D eigenvalue weighted by Crippen LogP contribution is 2.34. The lowest BCUT2D eigenvalue weighted by atomic mass is 9.95. The Morgan fingerprint density at radius 2 is 2.00 bits per heavy atom. The molecule has 0 unspecified atom stereocenters. The molecule has 1 aromatic rings. The first-order valence-electron chi connectivity index (χ1n) is 8.66. The quantitative estimate of drug-likeness (QED) is 0.839. The third-order valence-electron chi connectivity index (χ3n) is 5.18. The van der Waals surface area contributed by atoms with Crippen molar-refractivity contribution in [1.29, 1.82) is 0 Å². The molecule has 2 aliphatic rings. The van der Waals surface area contributed by atoms with Crippen LogP contribution >= 0.6 is 11.8 Å². The molecule has 0 aromatic heterocycles. The molecule has 1 atom stereocenters. The maximum absolute atomic E-state index is 13.0. The lowest BCUT2D eigenvalue weighted by Gasteiger charge is -2.44. The summed E-state index contributed by atoms with van der Waals surface area (Å²) in [5, 5.41) is 12.8. The van der Waals surface area contributed by atoms with Crippen LogP contribution in [0.4, 0.5) is 4.79 Å². The van der Waals surface area contributed by atoms with Crippen LogP contribution in [0.25, 0.3) is 0 Å². The van der Waals surface area contributed by atoms with Gasteiger partial charge in [-0.15, -0.1) is 0 Å². The molecule has 2 amide bonds. The van der Waals surface area contributed by atoms with Gasteiger partial charge in [0.15, 0.2) is 0 Å². The standard InChI is InChI=1S/C18H25N3O3S/c1-25-12-7-15-16(22)21(13-14-5-3-2-4-6-14)18(19-15)8-10-20(11-9-18)17(23)24/h2-6,15,19H,7-13H2,1H3,(H,23,24)/t15-/m0/s1. The number of carbonyl (C=O) groups excluding carboxylic acids is 1. The van der Waals surface area contributed by atoms with Crippen LogP contribution in [0.2, 0.25) is 0 Å². The highest BCUT2D eigenvalue weighted by molar-refractivity contribution is 7.98. The van der Waals surface area contributed by atoms with Crippen molar-refractivity contribution in [3.8, 4) is 0 Å². The fourth-order valence-corrected chi connectivity index (χ4v) is 4.24.